The zero-order chi connectivity index (χ0) is 13.0. The molecule has 2 aliphatic heterocycles. The summed E-state index contributed by atoms with van der Waals surface area (Å²) in [6, 6.07) is 5.40. The van der Waals surface area contributed by atoms with Gasteiger partial charge in [-0.2, -0.15) is 0 Å². The number of amides is 1. The van der Waals surface area contributed by atoms with Crippen LogP contribution < -0.4 is 11.1 Å². The van der Waals surface area contributed by atoms with E-state index >= 15 is 0 Å². The van der Waals surface area contributed by atoms with Gasteiger partial charge in [0.15, 0.2) is 0 Å². The second-order valence-corrected chi connectivity index (χ2v) is 5.25. The maximum Gasteiger partial charge on any atom is 0.250 e. The largest absolute Gasteiger partial charge is 0.374 e. The lowest BCUT2D eigenvalue weighted by molar-refractivity contribution is 0.0678. The molecule has 2 unspecified atom stereocenters. The van der Waals surface area contributed by atoms with Crippen LogP contribution >= 0.6 is 0 Å². The predicted octanol–water partition coefficient (Wildman–Crippen LogP) is 0.249. The first-order valence-corrected chi connectivity index (χ1v) is 6.34. The monoisotopic (exact) mass is 258 g/mol. The minimum atomic E-state index is -0.457. The highest BCUT2D eigenvalue weighted by molar-refractivity contribution is 6.04. The van der Waals surface area contributed by atoms with Gasteiger partial charge in [0.05, 0.1) is 23.8 Å². The molecule has 2 atom stereocenters. The Labute approximate surface area is 109 Å². The lowest BCUT2D eigenvalue weighted by atomic mass is 10.00. The Morgan fingerprint density at radius 1 is 1.53 bits per heavy atom. The minimum absolute atomic E-state index is 0.237. The Morgan fingerprint density at radius 3 is 3.05 bits per heavy atom. The molecular formula is C13H14N4O2. The molecule has 2 saturated heterocycles. The lowest BCUT2D eigenvalue weighted by Crippen LogP contribution is -2.43. The fourth-order valence-electron chi connectivity index (χ4n) is 3.04. The summed E-state index contributed by atoms with van der Waals surface area (Å²) in [5.74, 6) is 0.372. The number of benzene rings is 1. The number of nitrogens with one attached hydrogen (secondary N) is 2. The Morgan fingerprint density at radius 2 is 2.42 bits per heavy atom. The van der Waals surface area contributed by atoms with Crippen molar-refractivity contribution in [1.82, 2.24) is 15.3 Å². The molecule has 6 nitrogen and oxygen atoms in total. The highest BCUT2D eigenvalue weighted by Crippen LogP contribution is 2.38. The molecule has 19 heavy (non-hydrogen) atoms. The van der Waals surface area contributed by atoms with E-state index in [2.05, 4.69) is 15.3 Å². The summed E-state index contributed by atoms with van der Waals surface area (Å²) in [6.07, 6.45) is 1.18. The molecule has 1 aromatic carbocycles. The molecule has 1 amide bonds. The lowest BCUT2D eigenvalue weighted by Gasteiger charge is -2.24. The van der Waals surface area contributed by atoms with Crippen LogP contribution in [0.3, 0.4) is 0 Å². The smallest absolute Gasteiger partial charge is 0.250 e. The third-order valence-electron chi connectivity index (χ3n) is 4.04. The van der Waals surface area contributed by atoms with Crippen LogP contribution in [0.15, 0.2) is 18.2 Å². The number of aromatic amines is 1. The van der Waals surface area contributed by atoms with Gasteiger partial charge in [-0.05, 0) is 12.1 Å². The maximum absolute atomic E-state index is 11.4. The molecule has 2 bridgehead atoms. The van der Waals surface area contributed by atoms with Gasteiger partial charge < -0.3 is 20.8 Å². The SMILES string of the molecule is NC(=O)c1cccc2[nH]c(C34COC(CN3)C4)nc12. The van der Waals surface area contributed by atoms with Crippen LogP contribution in [0.25, 0.3) is 11.0 Å². The number of hydrogen-bond acceptors (Lipinski definition) is 4. The van der Waals surface area contributed by atoms with Gasteiger partial charge in [0.1, 0.15) is 16.9 Å². The van der Waals surface area contributed by atoms with Crippen molar-refractivity contribution in [2.75, 3.05) is 13.2 Å². The van der Waals surface area contributed by atoms with E-state index in [4.69, 9.17) is 10.5 Å². The molecular weight excluding hydrogens is 244 g/mol. The molecule has 3 heterocycles. The van der Waals surface area contributed by atoms with Crippen molar-refractivity contribution >= 4 is 16.9 Å². The quantitative estimate of drug-likeness (QED) is 0.719. The van der Waals surface area contributed by atoms with Crippen molar-refractivity contribution in [3.05, 3.63) is 29.6 Å². The summed E-state index contributed by atoms with van der Waals surface area (Å²) in [4.78, 5) is 19.3. The van der Waals surface area contributed by atoms with Crippen molar-refractivity contribution in [3.8, 4) is 0 Å². The molecule has 6 heteroatoms. The van der Waals surface area contributed by atoms with E-state index in [1.807, 2.05) is 6.07 Å². The van der Waals surface area contributed by atoms with Gasteiger partial charge in [0, 0.05) is 13.0 Å². The van der Waals surface area contributed by atoms with Crippen LogP contribution in [0.4, 0.5) is 0 Å². The minimum Gasteiger partial charge on any atom is -0.374 e. The number of hydrogen-bond donors (Lipinski definition) is 3. The van der Waals surface area contributed by atoms with E-state index in [-0.39, 0.29) is 11.6 Å². The second-order valence-electron chi connectivity index (χ2n) is 5.25. The van der Waals surface area contributed by atoms with Crippen LogP contribution in [-0.4, -0.2) is 35.1 Å². The fraction of sp³-hybridized carbons (Fsp3) is 0.385. The standard InChI is InChI=1S/C13H14N4O2/c14-11(18)8-2-1-3-9-10(8)17-12(16-9)13-4-7(5-15-13)19-6-13/h1-3,7,15H,4-6H2,(H2,14,18)(H,16,17). The van der Waals surface area contributed by atoms with Crippen molar-refractivity contribution in [3.63, 3.8) is 0 Å². The number of para-hydroxylation sites is 1. The Balaban J connectivity index is 1.89. The topological polar surface area (TPSA) is 93.0 Å². The number of H-pyrrole nitrogens is 1. The Hall–Kier alpha value is -1.92. The molecule has 2 fully saturated rings. The van der Waals surface area contributed by atoms with Crippen LogP contribution in [0.5, 0.6) is 0 Å². The number of fused-ring (bicyclic) bond motifs is 3. The van der Waals surface area contributed by atoms with E-state index in [1.54, 1.807) is 12.1 Å². The normalized spacial score (nSPS) is 29.2. The van der Waals surface area contributed by atoms with Crippen molar-refractivity contribution in [2.45, 2.75) is 18.1 Å². The highest BCUT2D eigenvalue weighted by atomic mass is 16.5. The van der Waals surface area contributed by atoms with E-state index in [0.717, 1.165) is 24.3 Å². The predicted molar refractivity (Wildman–Crippen MR) is 68.6 cm³/mol. The number of primary amides is 1. The molecule has 98 valence electrons. The number of imidazole rings is 1. The summed E-state index contributed by atoms with van der Waals surface area (Å²) in [5.41, 5.74) is 7.06. The summed E-state index contributed by atoms with van der Waals surface area (Å²) >= 11 is 0. The van der Waals surface area contributed by atoms with E-state index < -0.39 is 5.91 Å². The highest BCUT2D eigenvalue weighted by Gasteiger charge is 2.49. The number of aromatic nitrogens is 2. The molecule has 2 aromatic rings. The summed E-state index contributed by atoms with van der Waals surface area (Å²) in [5, 5.41) is 3.46. The van der Waals surface area contributed by atoms with E-state index in [0.29, 0.717) is 17.7 Å². The average molecular weight is 258 g/mol. The average Bonchev–Trinajstić information content (AvgIpc) is 3.11. The zero-order valence-electron chi connectivity index (χ0n) is 10.3. The molecule has 0 aliphatic carbocycles. The van der Waals surface area contributed by atoms with Crippen LogP contribution in [-0.2, 0) is 10.3 Å². The molecule has 4 rings (SSSR count). The Kier molecular flexibility index (Phi) is 2.05. The number of nitrogens with zero attached hydrogens (tertiary/aromatic N) is 1. The Bertz CT molecular complexity index is 670. The maximum atomic E-state index is 11.4. The number of carbonyl (C=O) groups excluding carboxylic acids is 1. The van der Waals surface area contributed by atoms with Gasteiger partial charge in [-0.15, -0.1) is 0 Å². The van der Waals surface area contributed by atoms with Crippen molar-refractivity contribution in [2.24, 2.45) is 5.73 Å². The zero-order valence-corrected chi connectivity index (χ0v) is 10.3. The van der Waals surface area contributed by atoms with Gasteiger partial charge in [-0.25, -0.2) is 4.98 Å². The van der Waals surface area contributed by atoms with E-state index in [1.165, 1.54) is 0 Å². The molecule has 2 aliphatic rings. The molecule has 0 saturated carbocycles. The van der Waals surface area contributed by atoms with Crippen molar-refractivity contribution < 1.29 is 9.53 Å². The van der Waals surface area contributed by atoms with Crippen LogP contribution in [0.1, 0.15) is 22.6 Å². The first kappa shape index (κ1) is 11.0. The first-order chi connectivity index (χ1) is 9.18. The summed E-state index contributed by atoms with van der Waals surface area (Å²) < 4.78 is 5.67. The fourth-order valence-corrected chi connectivity index (χ4v) is 3.04. The van der Waals surface area contributed by atoms with Crippen LogP contribution in [0.2, 0.25) is 0 Å². The number of nitrogens with two attached hydrogens (primary N) is 1. The number of morpholine rings is 1. The van der Waals surface area contributed by atoms with Gasteiger partial charge in [-0.1, -0.05) is 6.07 Å². The number of ether oxygens (including phenoxy) is 1. The molecule has 4 N–H and O–H groups in total. The number of carbonyl (C=O) groups is 1. The molecule has 0 spiro atoms. The first-order valence-electron chi connectivity index (χ1n) is 6.34. The van der Waals surface area contributed by atoms with Gasteiger partial charge in [0.25, 0.3) is 5.91 Å². The number of rotatable bonds is 2. The summed E-state index contributed by atoms with van der Waals surface area (Å²) in [6.45, 7) is 1.46. The van der Waals surface area contributed by atoms with E-state index in [9.17, 15) is 4.79 Å². The van der Waals surface area contributed by atoms with Gasteiger partial charge in [-0.3, -0.25) is 4.79 Å². The third-order valence-corrected chi connectivity index (χ3v) is 4.04. The third kappa shape index (κ3) is 1.44. The molecule has 1 aromatic heterocycles. The molecule has 0 radical (unpaired) electrons. The van der Waals surface area contributed by atoms with Gasteiger partial charge >= 0.3 is 0 Å². The summed E-state index contributed by atoms with van der Waals surface area (Å²) in [7, 11) is 0. The second kappa shape index (κ2) is 3.55. The van der Waals surface area contributed by atoms with Crippen LogP contribution in [0, 0.1) is 0 Å². The van der Waals surface area contributed by atoms with Gasteiger partial charge in [0.2, 0.25) is 0 Å². The van der Waals surface area contributed by atoms with Crippen molar-refractivity contribution in [1.29, 1.82) is 0 Å².